The van der Waals surface area contributed by atoms with Gasteiger partial charge in [-0.25, -0.2) is 0 Å². The number of benzene rings is 3. The zero-order chi connectivity index (χ0) is 30.5. The van der Waals surface area contributed by atoms with Gasteiger partial charge in [-0.2, -0.15) is 5.10 Å². The Balaban J connectivity index is 1.09. The zero-order valence-corrected chi connectivity index (χ0v) is 25.1. The lowest BCUT2D eigenvalue weighted by molar-refractivity contribution is -0.150. The molecular formula is C36H37N5O3. The molecule has 3 fully saturated rings. The molecule has 8 nitrogen and oxygen atoms in total. The predicted octanol–water partition coefficient (Wildman–Crippen LogP) is 5.18. The van der Waals surface area contributed by atoms with E-state index in [1.165, 1.54) is 0 Å². The van der Waals surface area contributed by atoms with Crippen molar-refractivity contribution in [1.29, 1.82) is 0 Å². The molecule has 4 aromatic rings. The fraction of sp³-hybridized carbons (Fsp3) is 0.333. The van der Waals surface area contributed by atoms with Gasteiger partial charge in [0.2, 0.25) is 11.8 Å². The monoisotopic (exact) mass is 587 g/mol. The normalized spacial score (nSPS) is 21.1. The van der Waals surface area contributed by atoms with Crippen LogP contribution in [0.15, 0.2) is 97.3 Å². The molecule has 0 radical (unpaired) electrons. The summed E-state index contributed by atoms with van der Waals surface area (Å²) in [6, 6.07) is 27.9. The smallest absolute Gasteiger partial charge is 0.257 e. The third-order valence-electron chi connectivity index (χ3n) is 9.69. The van der Waals surface area contributed by atoms with Crippen molar-refractivity contribution in [3.8, 4) is 11.1 Å². The maximum Gasteiger partial charge on any atom is 0.257 e. The van der Waals surface area contributed by atoms with E-state index in [1.807, 2.05) is 89.8 Å². The van der Waals surface area contributed by atoms with Gasteiger partial charge >= 0.3 is 0 Å². The average Bonchev–Trinajstić information content (AvgIpc) is 3.32. The van der Waals surface area contributed by atoms with Gasteiger partial charge in [-0.3, -0.25) is 19.1 Å². The first-order valence-corrected chi connectivity index (χ1v) is 15.3. The van der Waals surface area contributed by atoms with Crippen LogP contribution in [0.3, 0.4) is 0 Å². The van der Waals surface area contributed by atoms with Gasteiger partial charge in [0, 0.05) is 49.4 Å². The van der Waals surface area contributed by atoms with Crippen molar-refractivity contribution in [1.82, 2.24) is 19.6 Å². The Morgan fingerprint density at radius 2 is 1.50 bits per heavy atom. The molecule has 3 aliphatic rings. The van der Waals surface area contributed by atoms with Gasteiger partial charge in [0.1, 0.15) is 0 Å². The van der Waals surface area contributed by atoms with Crippen LogP contribution in [0.5, 0.6) is 0 Å². The van der Waals surface area contributed by atoms with E-state index in [1.54, 1.807) is 22.0 Å². The molecule has 224 valence electrons. The maximum absolute atomic E-state index is 13.9. The van der Waals surface area contributed by atoms with Crippen molar-refractivity contribution in [2.75, 3.05) is 31.5 Å². The van der Waals surface area contributed by atoms with E-state index in [4.69, 9.17) is 0 Å². The lowest BCUT2D eigenvalue weighted by atomic mass is 9.71. The number of likely N-dealkylation sites (tertiary alicyclic amines) is 2. The number of carbonyl (C=O) groups is 3. The van der Waals surface area contributed by atoms with E-state index in [2.05, 4.69) is 24.3 Å². The third-order valence-corrected chi connectivity index (χ3v) is 9.69. The number of amides is 3. The molecule has 0 unspecified atom stereocenters. The van der Waals surface area contributed by atoms with Crippen LogP contribution in [-0.2, 0) is 16.1 Å². The number of carbonyl (C=O) groups excluding carboxylic acids is 3. The van der Waals surface area contributed by atoms with Crippen LogP contribution in [0.2, 0.25) is 0 Å². The number of nitrogens with zero attached hydrogens (tertiary/aromatic N) is 4. The van der Waals surface area contributed by atoms with E-state index in [0.717, 1.165) is 23.1 Å². The standard InChI is InChI=1S/C36H37N5O3/c1-35(2)17-30(35)34(44)40-23-36(24-40)22-39(33(43)28-18-37-41(20-28)19-25-10-5-3-6-11-25)21-31(36)32(42)38-29-15-9-14-27(16-29)26-12-7-4-8-13-26/h3-16,18,20,30-31H,17,19,21-24H2,1-2H3,(H,38,42)/t30-,31-/m1/s1. The number of hydrogen-bond donors (Lipinski definition) is 1. The Kier molecular flexibility index (Phi) is 6.87. The molecule has 3 aromatic carbocycles. The van der Waals surface area contributed by atoms with Crippen LogP contribution in [0.1, 0.15) is 36.2 Å². The molecule has 7 rings (SSSR count). The maximum atomic E-state index is 13.9. The Morgan fingerprint density at radius 1 is 0.841 bits per heavy atom. The predicted molar refractivity (Wildman–Crippen MR) is 169 cm³/mol. The summed E-state index contributed by atoms with van der Waals surface area (Å²) in [4.78, 5) is 44.6. The highest BCUT2D eigenvalue weighted by atomic mass is 16.2. The second-order valence-corrected chi connectivity index (χ2v) is 13.4. The Labute approximate surface area is 257 Å². The van der Waals surface area contributed by atoms with Crippen LogP contribution in [0.4, 0.5) is 5.69 Å². The van der Waals surface area contributed by atoms with Crippen molar-refractivity contribution in [2.45, 2.75) is 26.8 Å². The second-order valence-electron chi connectivity index (χ2n) is 13.4. The average molecular weight is 588 g/mol. The Hall–Kier alpha value is -4.72. The molecule has 3 heterocycles. The molecule has 1 spiro atoms. The molecule has 2 saturated heterocycles. The van der Waals surface area contributed by atoms with Crippen LogP contribution in [-0.4, -0.2) is 63.5 Å². The molecule has 1 saturated carbocycles. The fourth-order valence-electron chi connectivity index (χ4n) is 6.93. The van der Waals surface area contributed by atoms with Crippen molar-refractivity contribution in [3.63, 3.8) is 0 Å². The number of aromatic nitrogens is 2. The molecule has 8 heteroatoms. The van der Waals surface area contributed by atoms with Gasteiger partial charge < -0.3 is 15.1 Å². The largest absolute Gasteiger partial charge is 0.341 e. The highest BCUT2D eigenvalue weighted by molar-refractivity contribution is 5.98. The van der Waals surface area contributed by atoms with Crippen molar-refractivity contribution in [2.24, 2.45) is 22.7 Å². The Bertz CT molecular complexity index is 1710. The minimum atomic E-state index is -0.481. The summed E-state index contributed by atoms with van der Waals surface area (Å²) in [5.74, 6) is -0.491. The molecule has 2 atom stereocenters. The van der Waals surface area contributed by atoms with Crippen LogP contribution >= 0.6 is 0 Å². The number of hydrogen-bond acceptors (Lipinski definition) is 4. The first-order chi connectivity index (χ1) is 21.2. The molecular weight excluding hydrogens is 550 g/mol. The SMILES string of the molecule is CC1(C)C[C@@H]1C(=O)N1CC2(CN(C(=O)c3cnn(Cc4ccccc4)c3)C[C@@H]2C(=O)Nc2cccc(-c3ccccc3)c2)C1. The van der Waals surface area contributed by atoms with Crippen LogP contribution < -0.4 is 5.32 Å². The molecule has 44 heavy (non-hydrogen) atoms. The topological polar surface area (TPSA) is 87.5 Å². The van der Waals surface area contributed by atoms with E-state index in [9.17, 15) is 14.4 Å². The second kappa shape index (κ2) is 10.8. The van der Waals surface area contributed by atoms with E-state index in [-0.39, 0.29) is 29.1 Å². The lowest BCUT2D eigenvalue weighted by Gasteiger charge is -2.50. The van der Waals surface area contributed by atoms with Gasteiger partial charge in [-0.05, 0) is 40.7 Å². The van der Waals surface area contributed by atoms with Crippen molar-refractivity contribution >= 4 is 23.4 Å². The molecule has 1 N–H and O–H groups in total. The van der Waals surface area contributed by atoms with Gasteiger partial charge in [0.25, 0.3) is 5.91 Å². The lowest BCUT2D eigenvalue weighted by Crippen LogP contribution is -2.64. The summed E-state index contributed by atoms with van der Waals surface area (Å²) in [6.45, 7) is 6.51. The van der Waals surface area contributed by atoms with Gasteiger partial charge in [-0.15, -0.1) is 0 Å². The van der Waals surface area contributed by atoms with E-state index in [0.29, 0.717) is 44.0 Å². The summed E-state index contributed by atoms with van der Waals surface area (Å²) in [7, 11) is 0. The third kappa shape index (κ3) is 5.29. The summed E-state index contributed by atoms with van der Waals surface area (Å²) < 4.78 is 1.76. The molecule has 0 bridgehead atoms. The first-order valence-electron chi connectivity index (χ1n) is 15.3. The molecule has 2 aliphatic heterocycles. The van der Waals surface area contributed by atoms with E-state index < -0.39 is 11.3 Å². The zero-order valence-electron chi connectivity index (χ0n) is 25.1. The highest BCUT2D eigenvalue weighted by Crippen LogP contribution is 2.54. The Morgan fingerprint density at radius 3 is 2.20 bits per heavy atom. The number of rotatable bonds is 7. The fourth-order valence-corrected chi connectivity index (χ4v) is 6.93. The van der Waals surface area contributed by atoms with Gasteiger partial charge in [-0.1, -0.05) is 86.6 Å². The first kappa shape index (κ1) is 28.1. The molecule has 3 amide bonds. The minimum Gasteiger partial charge on any atom is -0.341 e. The summed E-state index contributed by atoms with van der Waals surface area (Å²) in [5.41, 5.74) is 3.96. The summed E-state index contributed by atoms with van der Waals surface area (Å²) in [6.07, 6.45) is 4.27. The summed E-state index contributed by atoms with van der Waals surface area (Å²) in [5, 5.41) is 7.57. The van der Waals surface area contributed by atoms with Gasteiger partial charge in [0.15, 0.2) is 0 Å². The summed E-state index contributed by atoms with van der Waals surface area (Å²) >= 11 is 0. The van der Waals surface area contributed by atoms with Gasteiger partial charge in [0.05, 0.1) is 24.2 Å². The quantitative estimate of drug-likeness (QED) is 0.323. The molecule has 1 aliphatic carbocycles. The number of nitrogens with one attached hydrogen (secondary N) is 1. The highest BCUT2D eigenvalue weighted by Gasteiger charge is 2.61. The van der Waals surface area contributed by atoms with Crippen LogP contribution in [0.25, 0.3) is 11.1 Å². The van der Waals surface area contributed by atoms with Crippen molar-refractivity contribution in [3.05, 3.63) is 108 Å². The molecule has 1 aromatic heterocycles. The number of anilines is 1. The van der Waals surface area contributed by atoms with Crippen LogP contribution in [0, 0.1) is 22.7 Å². The minimum absolute atomic E-state index is 0.0396. The van der Waals surface area contributed by atoms with E-state index >= 15 is 0 Å². The van der Waals surface area contributed by atoms with Crippen molar-refractivity contribution < 1.29 is 14.4 Å².